The van der Waals surface area contributed by atoms with Gasteiger partial charge in [-0.1, -0.05) is 62.4 Å². The Bertz CT molecular complexity index is 1070. The van der Waals surface area contributed by atoms with Crippen molar-refractivity contribution in [2.45, 2.75) is 26.4 Å². The zero-order valence-electron chi connectivity index (χ0n) is 15.8. The number of primary amides is 1. The number of fused-ring (bicyclic) bond motifs is 1. The number of hydrogen-bond acceptors (Lipinski definition) is 4. The molecule has 1 atom stereocenters. The molecule has 2 aromatic carbocycles. The van der Waals surface area contributed by atoms with Gasteiger partial charge in [0.05, 0.1) is 5.39 Å². The van der Waals surface area contributed by atoms with E-state index >= 15 is 0 Å². The quantitative estimate of drug-likeness (QED) is 0.684. The Balaban J connectivity index is 2.06. The number of amides is 2. The van der Waals surface area contributed by atoms with Crippen molar-refractivity contribution >= 4 is 22.6 Å². The molecule has 0 radical (unpaired) electrons. The summed E-state index contributed by atoms with van der Waals surface area (Å²) < 4.78 is 1.30. The standard InChI is InChI=1S/C21H22N4O3/c1-13(2)12-25-21(28)16-11-7-6-10-15(16)18(24-25)20(27)23-17(19(22)26)14-8-4-3-5-9-14/h3-11,13,17H,12H2,1-2H3,(H2,22,26)(H,23,27). The minimum Gasteiger partial charge on any atom is -0.368 e. The lowest BCUT2D eigenvalue weighted by atomic mass is 10.1. The van der Waals surface area contributed by atoms with Crippen LogP contribution in [0.5, 0.6) is 0 Å². The number of carbonyl (C=O) groups is 2. The number of rotatable bonds is 6. The third kappa shape index (κ3) is 3.93. The van der Waals surface area contributed by atoms with E-state index in [2.05, 4.69) is 10.4 Å². The van der Waals surface area contributed by atoms with Crippen LogP contribution in [-0.4, -0.2) is 21.6 Å². The smallest absolute Gasteiger partial charge is 0.274 e. The van der Waals surface area contributed by atoms with Crippen molar-refractivity contribution in [3.05, 3.63) is 76.2 Å². The lowest BCUT2D eigenvalue weighted by Gasteiger charge is -2.17. The van der Waals surface area contributed by atoms with Crippen LogP contribution in [0.2, 0.25) is 0 Å². The summed E-state index contributed by atoms with van der Waals surface area (Å²) in [6, 6.07) is 14.5. The van der Waals surface area contributed by atoms with Crippen LogP contribution in [0.4, 0.5) is 0 Å². The maximum absolute atomic E-state index is 13.0. The third-order valence-electron chi connectivity index (χ3n) is 4.31. The Morgan fingerprint density at radius 3 is 2.25 bits per heavy atom. The normalized spacial score (nSPS) is 12.1. The van der Waals surface area contributed by atoms with E-state index in [4.69, 9.17) is 5.73 Å². The van der Waals surface area contributed by atoms with E-state index in [9.17, 15) is 14.4 Å². The molecule has 0 fully saturated rings. The number of aromatic nitrogens is 2. The van der Waals surface area contributed by atoms with Gasteiger partial charge in [-0.05, 0) is 17.5 Å². The Morgan fingerprint density at radius 1 is 1.04 bits per heavy atom. The Kier molecular flexibility index (Phi) is 5.54. The minimum atomic E-state index is -1.00. The van der Waals surface area contributed by atoms with Gasteiger partial charge in [-0.15, -0.1) is 0 Å². The van der Waals surface area contributed by atoms with Crippen molar-refractivity contribution < 1.29 is 9.59 Å². The van der Waals surface area contributed by atoms with Crippen LogP contribution in [0.15, 0.2) is 59.4 Å². The fraction of sp³-hybridized carbons (Fsp3) is 0.238. The Hall–Kier alpha value is -3.48. The molecule has 0 spiro atoms. The third-order valence-corrected chi connectivity index (χ3v) is 4.31. The molecule has 0 aliphatic carbocycles. The highest BCUT2D eigenvalue weighted by atomic mass is 16.2. The van der Waals surface area contributed by atoms with Gasteiger partial charge in [0.2, 0.25) is 5.91 Å². The maximum Gasteiger partial charge on any atom is 0.274 e. The van der Waals surface area contributed by atoms with Crippen LogP contribution in [0.1, 0.15) is 35.9 Å². The highest BCUT2D eigenvalue weighted by molar-refractivity contribution is 6.06. The van der Waals surface area contributed by atoms with Crippen LogP contribution >= 0.6 is 0 Å². The topological polar surface area (TPSA) is 107 Å². The lowest BCUT2D eigenvalue weighted by Crippen LogP contribution is -2.39. The van der Waals surface area contributed by atoms with Crippen molar-refractivity contribution in [2.24, 2.45) is 11.7 Å². The summed E-state index contributed by atoms with van der Waals surface area (Å²) in [6.45, 7) is 4.30. The molecule has 7 heteroatoms. The molecule has 28 heavy (non-hydrogen) atoms. The Morgan fingerprint density at radius 2 is 1.64 bits per heavy atom. The fourth-order valence-corrected chi connectivity index (χ4v) is 3.04. The summed E-state index contributed by atoms with van der Waals surface area (Å²) in [5.74, 6) is -1.08. The highest BCUT2D eigenvalue weighted by Crippen LogP contribution is 2.17. The number of nitrogens with two attached hydrogens (primary N) is 1. The van der Waals surface area contributed by atoms with Gasteiger partial charge in [-0.3, -0.25) is 14.4 Å². The molecule has 0 saturated heterocycles. The predicted molar refractivity (Wildman–Crippen MR) is 107 cm³/mol. The van der Waals surface area contributed by atoms with Crippen molar-refractivity contribution in [3.8, 4) is 0 Å². The van der Waals surface area contributed by atoms with Gasteiger partial charge in [0.1, 0.15) is 6.04 Å². The number of carbonyl (C=O) groups excluding carboxylic acids is 2. The first kappa shape index (κ1) is 19.3. The van der Waals surface area contributed by atoms with Crippen molar-refractivity contribution in [1.29, 1.82) is 0 Å². The summed E-state index contributed by atoms with van der Waals surface area (Å²) in [5.41, 5.74) is 5.90. The number of nitrogens with zero attached hydrogens (tertiary/aromatic N) is 2. The second-order valence-corrected chi connectivity index (χ2v) is 6.99. The van der Waals surface area contributed by atoms with Crippen molar-refractivity contribution in [2.75, 3.05) is 0 Å². The van der Waals surface area contributed by atoms with Crippen LogP contribution in [-0.2, 0) is 11.3 Å². The molecule has 1 unspecified atom stereocenters. The monoisotopic (exact) mass is 378 g/mol. The van der Waals surface area contributed by atoms with E-state index in [1.807, 2.05) is 13.8 Å². The summed E-state index contributed by atoms with van der Waals surface area (Å²) in [7, 11) is 0. The fourth-order valence-electron chi connectivity index (χ4n) is 3.04. The second kappa shape index (κ2) is 8.04. The molecular formula is C21H22N4O3. The first-order valence-electron chi connectivity index (χ1n) is 9.03. The summed E-state index contributed by atoms with van der Waals surface area (Å²) in [6.07, 6.45) is 0. The van der Waals surface area contributed by atoms with Gasteiger partial charge in [0.25, 0.3) is 11.5 Å². The number of nitrogens with one attached hydrogen (secondary N) is 1. The molecule has 0 aliphatic heterocycles. The van der Waals surface area contributed by atoms with Crippen LogP contribution in [0, 0.1) is 5.92 Å². The van der Waals surface area contributed by atoms with E-state index in [1.54, 1.807) is 54.6 Å². The SMILES string of the molecule is CC(C)Cn1nc(C(=O)NC(C(N)=O)c2ccccc2)c2ccccc2c1=O. The zero-order chi connectivity index (χ0) is 20.3. The average Bonchev–Trinajstić information content (AvgIpc) is 2.68. The molecule has 1 aromatic heterocycles. The van der Waals surface area contributed by atoms with Crippen LogP contribution < -0.4 is 16.6 Å². The van der Waals surface area contributed by atoms with E-state index in [-0.39, 0.29) is 17.2 Å². The summed E-state index contributed by atoms with van der Waals surface area (Å²) >= 11 is 0. The predicted octanol–water partition coefficient (Wildman–Crippen LogP) is 2.01. The summed E-state index contributed by atoms with van der Waals surface area (Å²) in [4.78, 5) is 37.6. The molecule has 3 N–H and O–H groups in total. The largest absolute Gasteiger partial charge is 0.368 e. The average molecular weight is 378 g/mol. The lowest BCUT2D eigenvalue weighted by molar-refractivity contribution is -0.120. The van der Waals surface area contributed by atoms with E-state index in [0.717, 1.165) is 0 Å². The van der Waals surface area contributed by atoms with Gasteiger partial charge < -0.3 is 11.1 Å². The highest BCUT2D eigenvalue weighted by Gasteiger charge is 2.24. The molecular weight excluding hydrogens is 356 g/mol. The van der Waals surface area contributed by atoms with Gasteiger partial charge in [-0.25, -0.2) is 4.68 Å². The van der Waals surface area contributed by atoms with Crippen molar-refractivity contribution in [1.82, 2.24) is 15.1 Å². The van der Waals surface area contributed by atoms with Crippen LogP contribution in [0.3, 0.4) is 0 Å². The molecule has 144 valence electrons. The summed E-state index contributed by atoms with van der Waals surface area (Å²) in [5, 5.41) is 7.77. The van der Waals surface area contributed by atoms with Gasteiger partial charge in [0, 0.05) is 11.9 Å². The van der Waals surface area contributed by atoms with Gasteiger partial charge >= 0.3 is 0 Å². The zero-order valence-corrected chi connectivity index (χ0v) is 15.8. The van der Waals surface area contributed by atoms with E-state index in [1.165, 1.54) is 4.68 Å². The van der Waals surface area contributed by atoms with Crippen molar-refractivity contribution in [3.63, 3.8) is 0 Å². The molecule has 0 aliphatic rings. The van der Waals surface area contributed by atoms with E-state index in [0.29, 0.717) is 22.9 Å². The molecule has 2 amide bonds. The number of benzene rings is 2. The molecule has 0 bridgehead atoms. The molecule has 7 nitrogen and oxygen atoms in total. The Labute approximate surface area is 162 Å². The van der Waals surface area contributed by atoms with Gasteiger partial charge in [0.15, 0.2) is 5.69 Å². The molecule has 0 saturated carbocycles. The van der Waals surface area contributed by atoms with E-state index < -0.39 is 17.9 Å². The number of hydrogen-bond donors (Lipinski definition) is 2. The minimum absolute atomic E-state index is 0.0815. The van der Waals surface area contributed by atoms with Gasteiger partial charge in [-0.2, -0.15) is 5.10 Å². The first-order valence-corrected chi connectivity index (χ1v) is 9.03. The molecule has 3 rings (SSSR count). The maximum atomic E-state index is 13.0. The molecule has 1 heterocycles. The van der Waals surface area contributed by atoms with Crippen LogP contribution in [0.25, 0.3) is 10.8 Å². The first-order chi connectivity index (χ1) is 13.4. The second-order valence-electron chi connectivity index (χ2n) is 6.99. The molecule has 3 aromatic rings.